The Balaban J connectivity index is 1.76. The largest absolute Gasteiger partial charge is 0.458 e. The van der Waals surface area contributed by atoms with Crippen LogP contribution in [0.2, 0.25) is 0 Å². The first-order chi connectivity index (χ1) is 13.7. The molecule has 2 atom stereocenters. The Kier molecular flexibility index (Phi) is 4.44. The smallest absolute Gasteiger partial charge is 0.303 e. The summed E-state index contributed by atoms with van der Waals surface area (Å²) in [6, 6.07) is 10.5. The van der Waals surface area contributed by atoms with Gasteiger partial charge in [0.15, 0.2) is 18.2 Å². The summed E-state index contributed by atoms with van der Waals surface area (Å²) in [4.78, 5) is 49.5. The van der Waals surface area contributed by atoms with E-state index in [2.05, 4.69) is 4.74 Å². The number of hydrogen-bond acceptors (Lipinski definition) is 7. The molecule has 0 heterocycles. The molecule has 29 heavy (non-hydrogen) atoms. The number of aliphatic hydroxyl groups is 2. The lowest BCUT2D eigenvalue weighted by Crippen LogP contribution is -2.50. The van der Waals surface area contributed by atoms with E-state index in [1.807, 2.05) is 24.3 Å². The summed E-state index contributed by atoms with van der Waals surface area (Å²) < 4.78 is 4.65. The van der Waals surface area contributed by atoms with Crippen LogP contribution in [0.15, 0.2) is 47.5 Å². The van der Waals surface area contributed by atoms with Crippen molar-refractivity contribution in [2.24, 2.45) is 0 Å². The number of Topliss-reactive ketones (excluding diaryl/α,β-unsaturated/α-hetero) is 3. The lowest BCUT2D eigenvalue weighted by molar-refractivity contribution is -0.154. The van der Waals surface area contributed by atoms with Crippen LogP contribution in [0, 0.1) is 0 Å². The zero-order valence-electron chi connectivity index (χ0n) is 15.6. The summed E-state index contributed by atoms with van der Waals surface area (Å²) in [6.07, 6.45) is -2.36. The zero-order valence-corrected chi connectivity index (χ0v) is 15.6. The van der Waals surface area contributed by atoms with Crippen molar-refractivity contribution in [2.45, 2.75) is 31.5 Å². The molecular weight excluding hydrogens is 376 g/mol. The molecule has 0 fully saturated rings. The maximum atomic E-state index is 13.1. The first-order valence-electron chi connectivity index (χ1n) is 9.13. The van der Waals surface area contributed by atoms with Gasteiger partial charge in [-0.05, 0) is 22.9 Å². The van der Waals surface area contributed by atoms with E-state index in [1.54, 1.807) is 12.1 Å². The van der Waals surface area contributed by atoms with Gasteiger partial charge in [0.1, 0.15) is 5.60 Å². The van der Waals surface area contributed by atoms with Gasteiger partial charge in [-0.15, -0.1) is 0 Å². The second kappa shape index (κ2) is 6.72. The number of carbonyl (C=O) groups is 4. The van der Waals surface area contributed by atoms with Crippen LogP contribution in [0.3, 0.4) is 0 Å². The predicted octanol–water partition coefficient (Wildman–Crippen LogP) is 1.53. The van der Waals surface area contributed by atoms with Gasteiger partial charge in [-0.2, -0.15) is 0 Å². The van der Waals surface area contributed by atoms with Crippen molar-refractivity contribution >= 4 is 34.1 Å². The SMILES string of the molecule is CC(=O)OCC(=O)[C@@]1(O)CC2=C(C(=O)c3cc4ccccc4cc3C2=O)[C@H](O)C1. The molecule has 148 valence electrons. The van der Waals surface area contributed by atoms with E-state index in [0.29, 0.717) is 0 Å². The Morgan fingerprint density at radius 2 is 1.69 bits per heavy atom. The highest BCUT2D eigenvalue weighted by Gasteiger charge is 2.49. The van der Waals surface area contributed by atoms with Gasteiger partial charge >= 0.3 is 5.97 Å². The molecule has 0 amide bonds. The minimum atomic E-state index is -2.10. The fraction of sp³-hybridized carbons (Fsp3) is 0.273. The molecule has 7 nitrogen and oxygen atoms in total. The van der Waals surface area contributed by atoms with Crippen molar-refractivity contribution in [1.82, 2.24) is 0 Å². The fourth-order valence-corrected chi connectivity index (χ4v) is 4.01. The van der Waals surface area contributed by atoms with Gasteiger partial charge in [-0.25, -0.2) is 0 Å². The van der Waals surface area contributed by atoms with Gasteiger partial charge in [0.25, 0.3) is 0 Å². The van der Waals surface area contributed by atoms with E-state index in [-0.39, 0.29) is 22.3 Å². The number of aliphatic hydroxyl groups excluding tert-OH is 1. The van der Waals surface area contributed by atoms with Crippen molar-refractivity contribution < 1.29 is 34.1 Å². The Hall–Kier alpha value is -3.16. The first-order valence-corrected chi connectivity index (χ1v) is 9.13. The Bertz CT molecular complexity index is 1130. The summed E-state index contributed by atoms with van der Waals surface area (Å²) in [5.41, 5.74) is -1.88. The monoisotopic (exact) mass is 394 g/mol. The quantitative estimate of drug-likeness (QED) is 0.758. The number of fused-ring (bicyclic) bond motifs is 2. The molecule has 4 rings (SSSR count). The molecule has 0 saturated heterocycles. The topological polar surface area (TPSA) is 118 Å². The molecule has 2 aliphatic carbocycles. The van der Waals surface area contributed by atoms with Gasteiger partial charge in [0.05, 0.1) is 6.10 Å². The second-order valence-corrected chi connectivity index (χ2v) is 7.43. The molecule has 2 N–H and O–H groups in total. The molecule has 0 aromatic heterocycles. The summed E-state index contributed by atoms with van der Waals surface area (Å²) in [5.74, 6) is -2.51. The summed E-state index contributed by atoms with van der Waals surface area (Å²) in [6.45, 7) is 0.447. The maximum Gasteiger partial charge on any atom is 0.303 e. The lowest BCUT2D eigenvalue weighted by Gasteiger charge is -2.37. The summed E-state index contributed by atoms with van der Waals surface area (Å²) in [5, 5.41) is 22.9. The maximum absolute atomic E-state index is 13.1. The van der Waals surface area contributed by atoms with Crippen molar-refractivity contribution in [3.63, 3.8) is 0 Å². The molecule has 2 aliphatic rings. The van der Waals surface area contributed by atoms with Gasteiger partial charge in [0, 0.05) is 42.0 Å². The molecule has 0 unspecified atom stereocenters. The third kappa shape index (κ3) is 3.08. The van der Waals surface area contributed by atoms with Crippen LogP contribution in [0.5, 0.6) is 0 Å². The van der Waals surface area contributed by atoms with Gasteiger partial charge in [0.2, 0.25) is 5.78 Å². The fourth-order valence-electron chi connectivity index (χ4n) is 4.01. The normalized spacial score (nSPS) is 23.6. The van der Waals surface area contributed by atoms with Crippen LogP contribution < -0.4 is 0 Å². The third-order valence-electron chi connectivity index (χ3n) is 5.48. The average Bonchev–Trinajstić information content (AvgIpc) is 2.68. The van der Waals surface area contributed by atoms with E-state index in [1.165, 1.54) is 0 Å². The third-order valence-corrected chi connectivity index (χ3v) is 5.48. The molecule has 7 heteroatoms. The molecule has 0 bridgehead atoms. The van der Waals surface area contributed by atoms with E-state index < -0.39 is 54.5 Å². The molecule has 0 saturated carbocycles. The first kappa shape index (κ1) is 19.2. The highest BCUT2D eigenvalue weighted by Crippen LogP contribution is 2.41. The minimum Gasteiger partial charge on any atom is -0.458 e. The number of hydrogen-bond donors (Lipinski definition) is 2. The van der Waals surface area contributed by atoms with Gasteiger partial charge in [-0.3, -0.25) is 19.2 Å². The Morgan fingerprint density at radius 1 is 1.10 bits per heavy atom. The Morgan fingerprint density at radius 3 is 2.28 bits per heavy atom. The number of esters is 1. The number of ether oxygens (including phenoxy) is 1. The lowest BCUT2D eigenvalue weighted by atomic mass is 9.69. The standard InChI is InChI=1S/C22H18O7/c1-11(23)29-10-18(25)22(28)8-16-19(17(24)9-22)21(27)15-7-13-5-3-2-4-12(13)6-14(15)20(16)26/h2-7,17,24,28H,8-10H2,1H3/t17-,22-/m1/s1. The van der Waals surface area contributed by atoms with Crippen LogP contribution in [0.25, 0.3) is 10.8 Å². The predicted molar refractivity (Wildman–Crippen MR) is 101 cm³/mol. The Labute approximate surface area is 165 Å². The minimum absolute atomic E-state index is 0.0739. The van der Waals surface area contributed by atoms with Crippen LogP contribution in [0.4, 0.5) is 0 Å². The molecule has 0 spiro atoms. The van der Waals surface area contributed by atoms with E-state index in [9.17, 15) is 29.4 Å². The van der Waals surface area contributed by atoms with Gasteiger partial charge < -0.3 is 14.9 Å². The van der Waals surface area contributed by atoms with E-state index >= 15 is 0 Å². The van der Waals surface area contributed by atoms with Gasteiger partial charge in [-0.1, -0.05) is 24.3 Å². The average molecular weight is 394 g/mol. The van der Waals surface area contributed by atoms with Crippen LogP contribution in [-0.4, -0.2) is 51.8 Å². The van der Waals surface area contributed by atoms with Crippen LogP contribution >= 0.6 is 0 Å². The number of ketones is 3. The molecule has 2 aromatic carbocycles. The van der Waals surface area contributed by atoms with Crippen LogP contribution in [0.1, 0.15) is 40.5 Å². The van der Waals surface area contributed by atoms with Crippen molar-refractivity contribution in [3.8, 4) is 0 Å². The second-order valence-electron chi connectivity index (χ2n) is 7.43. The van der Waals surface area contributed by atoms with Crippen molar-refractivity contribution in [3.05, 3.63) is 58.7 Å². The molecule has 0 aliphatic heterocycles. The van der Waals surface area contributed by atoms with E-state index in [0.717, 1.165) is 17.7 Å². The van der Waals surface area contributed by atoms with Crippen LogP contribution in [-0.2, 0) is 14.3 Å². The highest BCUT2D eigenvalue weighted by molar-refractivity contribution is 6.29. The molecular formula is C22H18O7. The van der Waals surface area contributed by atoms with E-state index in [4.69, 9.17) is 0 Å². The number of rotatable bonds is 3. The number of carbonyl (C=O) groups excluding carboxylic acids is 4. The summed E-state index contributed by atoms with van der Waals surface area (Å²) in [7, 11) is 0. The zero-order chi connectivity index (χ0) is 20.9. The van der Waals surface area contributed by atoms with Crippen molar-refractivity contribution in [2.75, 3.05) is 6.61 Å². The number of benzene rings is 2. The summed E-state index contributed by atoms with van der Waals surface area (Å²) >= 11 is 0. The molecule has 0 radical (unpaired) electrons. The molecule has 2 aromatic rings. The highest BCUT2D eigenvalue weighted by atomic mass is 16.5. The van der Waals surface area contributed by atoms with Crippen molar-refractivity contribution in [1.29, 1.82) is 0 Å².